The first-order valence-corrected chi connectivity index (χ1v) is 11.9. The molecule has 0 bridgehead atoms. The van der Waals surface area contributed by atoms with E-state index in [1.807, 2.05) is 0 Å². The minimum Gasteiger partial charge on any atom is -0.331 e. The summed E-state index contributed by atoms with van der Waals surface area (Å²) in [6.45, 7) is 2.18. The third kappa shape index (κ3) is 8.48. The van der Waals surface area contributed by atoms with Gasteiger partial charge in [-0.25, -0.2) is 22.0 Å². The van der Waals surface area contributed by atoms with Gasteiger partial charge >= 0.3 is 0 Å². The highest BCUT2D eigenvalue weighted by Gasteiger charge is 2.39. The van der Waals surface area contributed by atoms with Crippen molar-refractivity contribution in [3.8, 4) is 0 Å². The van der Waals surface area contributed by atoms with Crippen LogP contribution in [0.15, 0.2) is 0 Å². The number of rotatable bonds is 18. The van der Waals surface area contributed by atoms with Crippen LogP contribution in [0, 0.1) is 35.0 Å². The summed E-state index contributed by atoms with van der Waals surface area (Å²) in [4.78, 5) is 0. The van der Waals surface area contributed by atoms with Gasteiger partial charge in [0.25, 0.3) is 5.97 Å². The van der Waals surface area contributed by atoms with Crippen molar-refractivity contribution in [1.29, 1.82) is 0 Å². The highest BCUT2D eigenvalue weighted by Crippen LogP contribution is 2.33. The van der Waals surface area contributed by atoms with Crippen molar-refractivity contribution in [2.24, 2.45) is 5.92 Å². The van der Waals surface area contributed by atoms with Crippen LogP contribution in [0.1, 0.15) is 89.5 Å². The lowest BCUT2D eigenvalue weighted by Crippen LogP contribution is -2.44. The highest BCUT2D eigenvalue weighted by atomic mass is 19.2. The molecule has 1 aromatic carbocycles. The number of unbranched alkanes of at least 4 members (excludes halogenated alkanes) is 8. The van der Waals surface area contributed by atoms with Crippen molar-refractivity contribution in [3.63, 3.8) is 0 Å². The molecular weight excluding hydrogens is 443 g/mol. The Morgan fingerprint density at radius 2 is 0.970 bits per heavy atom. The van der Waals surface area contributed by atoms with Gasteiger partial charge in [-0.2, -0.15) is 0 Å². The number of benzene rings is 1. The Balaban J connectivity index is 2.55. The van der Waals surface area contributed by atoms with E-state index in [-0.39, 0.29) is 12.3 Å². The Labute approximate surface area is 195 Å². The molecule has 0 fully saturated rings. The SMILES string of the molecule is CCCCCCCCC(CCCCCCc1c(F)c(F)c(F)c(F)c1F)C(OC)(OC)OC. The fraction of sp³-hybridized carbons (Fsp3) is 0.760. The molecule has 1 aromatic rings. The molecule has 1 unspecified atom stereocenters. The summed E-state index contributed by atoms with van der Waals surface area (Å²) in [6.07, 6.45) is 11.0. The van der Waals surface area contributed by atoms with E-state index in [9.17, 15) is 22.0 Å². The first-order chi connectivity index (χ1) is 15.8. The summed E-state index contributed by atoms with van der Waals surface area (Å²) in [6, 6.07) is 0. The van der Waals surface area contributed by atoms with E-state index in [2.05, 4.69) is 6.92 Å². The lowest BCUT2D eigenvalue weighted by atomic mass is 9.91. The molecule has 8 heteroatoms. The lowest BCUT2D eigenvalue weighted by Gasteiger charge is -2.36. The van der Waals surface area contributed by atoms with Crippen LogP contribution in [-0.2, 0) is 20.6 Å². The first kappa shape index (κ1) is 29.8. The second-order valence-corrected chi connectivity index (χ2v) is 8.47. The van der Waals surface area contributed by atoms with Crippen LogP contribution in [0.5, 0.6) is 0 Å². The van der Waals surface area contributed by atoms with Gasteiger partial charge in [0.2, 0.25) is 5.82 Å². The van der Waals surface area contributed by atoms with Crippen LogP contribution in [0.25, 0.3) is 0 Å². The number of halogens is 5. The van der Waals surface area contributed by atoms with E-state index in [0.29, 0.717) is 12.8 Å². The number of ether oxygens (including phenoxy) is 3. The van der Waals surface area contributed by atoms with Crippen molar-refractivity contribution >= 4 is 0 Å². The minimum absolute atomic E-state index is 0.0128. The summed E-state index contributed by atoms with van der Waals surface area (Å²) < 4.78 is 84.1. The molecule has 1 rings (SSSR count). The predicted octanol–water partition coefficient (Wildman–Crippen LogP) is 7.83. The van der Waals surface area contributed by atoms with Crippen molar-refractivity contribution < 1.29 is 36.2 Å². The maximum absolute atomic E-state index is 13.8. The molecule has 33 heavy (non-hydrogen) atoms. The van der Waals surface area contributed by atoms with Crippen LogP contribution in [0.4, 0.5) is 22.0 Å². The molecule has 1 atom stereocenters. The van der Waals surface area contributed by atoms with Crippen LogP contribution in [0.3, 0.4) is 0 Å². The zero-order chi connectivity index (χ0) is 24.9. The van der Waals surface area contributed by atoms with Gasteiger partial charge in [0, 0.05) is 32.8 Å². The molecule has 0 aliphatic carbocycles. The second-order valence-electron chi connectivity index (χ2n) is 8.47. The maximum atomic E-state index is 13.8. The summed E-state index contributed by atoms with van der Waals surface area (Å²) in [7, 11) is 4.64. The van der Waals surface area contributed by atoms with Gasteiger partial charge in [-0.1, -0.05) is 64.7 Å². The Kier molecular flexibility index (Phi) is 14.1. The summed E-state index contributed by atoms with van der Waals surface area (Å²) in [5, 5.41) is 0. The van der Waals surface area contributed by atoms with Gasteiger partial charge in [-0.05, 0) is 25.7 Å². The van der Waals surface area contributed by atoms with Gasteiger partial charge in [0.15, 0.2) is 23.3 Å². The second kappa shape index (κ2) is 15.6. The summed E-state index contributed by atoms with van der Waals surface area (Å²) in [5.41, 5.74) is -0.746. The quantitative estimate of drug-likeness (QED) is 0.0701. The third-order valence-electron chi connectivity index (χ3n) is 6.29. The Morgan fingerprint density at radius 3 is 1.42 bits per heavy atom. The largest absolute Gasteiger partial charge is 0.331 e. The predicted molar refractivity (Wildman–Crippen MR) is 118 cm³/mol. The number of hydrogen-bond donors (Lipinski definition) is 0. The molecule has 0 aliphatic heterocycles. The van der Waals surface area contributed by atoms with Crippen LogP contribution >= 0.6 is 0 Å². The molecule has 192 valence electrons. The fourth-order valence-electron chi connectivity index (χ4n) is 4.33. The Morgan fingerprint density at radius 1 is 0.576 bits per heavy atom. The monoisotopic (exact) mass is 482 g/mol. The van der Waals surface area contributed by atoms with Crippen molar-refractivity contribution in [1.82, 2.24) is 0 Å². The third-order valence-corrected chi connectivity index (χ3v) is 6.29. The normalized spacial score (nSPS) is 13.0. The molecule has 0 N–H and O–H groups in total. The van der Waals surface area contributed by atoms with Gasteiger partial charge in [0.1, 0.15) is 0 Å². The molecule has 0 spiro atoms. The van der Waals surface area contributed by atoms with E-state index in [0.717, 1.165) is 38.5 Å². The van der Waals surface area contributed by atoms with Crippen molar-refractivity contribution in [2.45, 2.75) is 96.4 Å². The zero-order valence-corrected chi connectivity index (χ0v) is 20.4. The van der Waals surface area contributed by atoms with E-state index in [1.165, 1.54) is 25.7 Å². The number of methoxy groups -OCH3 is 3. The molecule has 0 saturated carbocycles. The van der Waals surface area contributed by atoms with Crippen LogP contribution in [-0.4, -0.2) is 27.3 Å². The summed E-state index contributed by atoms with van der Waals surface area (Å²) >= 11 is 0. The van der Waals surface area contributed by atoms with E-state index in [4.69, 9.17) is 14.2 Å². The van der Waals surface area contributed by atoms with Gasteiger partial charge in [-0.3, -0.25) is 0 Å². The molecule has 0 aliphatic rings. The minimum atomic E-state index is -2.12. The fourth-order valence-corrected chi connectivity index (χ4v) is 4.33. The highest BCUT2D eigenvalue weighted by molar-refractivity contribution is 5.24. The van der Waals surface area contributed by atoms with Crippen molar-refractivity contribution in [3.05, 3.63) is 34.6 Å². The average Bonchev–Trinajstić information content (AvgIpc) is 2.83. The van der Waals surface area contributed by atoms with Crippen LogP contribution < -0.4 is 0 Å². The summed E-state index contributed by atoms with van der Waals surface area (Å²) in [5.74, 6) is -10.5. The van der Waals surface area contributed by atoms with Gasteiger partial charge < -0.3 is 14.2 Å². The van der Waals surface area contributed by atoms with Gasteiger partial charge in [-0.15, -0.1) is 0 Å². The number of hydrogen-bond acceptors (Lipinski definition) is 3. The zero-order valence-electron chi connectivity index (χ0n) is 20.4. The van der Waals surface area contributed by atoms with E-state index >= 15 is 0 Å². The lowest BCUT2D eigenvalue weighted by molar-refractivity contribution is -0.380. The Bertz CT molecular complexity index is 658. The Hall–Kier alpha value is -1.25. The maximum Gasteiger partial charge on any atom is 0.285 e. The van der Waals surface area contributed by atoms with E-state index < -0.39 is 40.6 Å². The molecular formula is C25H39F5O3. The smallest absolute Gasteiger partial charge is 0.285 e. The van der Waals surface area contributed by atoms with E-state index in [1.54, 1.807) is 21.3 Å². The molecule has 0 heterocycles. The molecule has 3 nitrogen and oxygen atoms in total. The van der Waals surface area contributed by atoms with Crippen LogP contribution in [0.2, 0.25) is 0 Å². The first-order valence-electron chi connectivity index (χ1n) is 11.9. The standard InChI is InChI=1S/C25H39F5O3/c1-5-6-7-8-9-12-15-18(25(31-2,32-3)33-4)16-13-10-11-14-17-19-20(26)22(28)24(30)23(29)21(19)27/h18H,5-17H2,1-4H3. The topological polar surface area (TPSA) is 27.7 Å². The van der Waals surface area contributed by atoms with Gasteiger partial charge in [0.05, 0.1) is 0 Å². The van der Waals surface area contributed by atoms with Crippen molar-refractivity contribution in [2.75, 3.05) is 21.3 Å². The average molecular weight is 483 g/mol. The molecule has 0 amide bonds. The molecule has 0 aromatic heterocycles. The molecule has 0 radical (unpaired) electrons. The molecule has 0 saturated heterocycles.